The highest BCUT2D eigenvalue weighted by atomic mass is 35.5. The molecule has 0 radical (unpaired) electrons. The lowest BCUT2D eigenvalue weighted by Crippen LogP contribution is -2.52. The van der Waals surface area contributed by atoms with Crippen LogP contribution < -0.4 is 10.6 Å². The Balaban J connectivity index is 0.951. The molecule has 13 nitrogen and oxygen atoms in total. The Labute approximate surface area is 284 Å². The number of imidazole rings is 1. The number of benzene rings is 1. The molecule has 1 aliphatic carbocycles. The third-order valence-corrected chi connectivity index (χ3v) is 11.5. The van der Waals surface area contributed by atoms with Crippen molar-refractivity contribution in [3.8, 4) is 0 Å². The fourth-order valence-corrected chi connectivity index (χ4v) is 8.60. The second-order valence-electron chi connectivity index (χ2n) is 14.1. The highest BCUT2D eigenvalue weighted by molar-refractivity contribution is 6.28. The summed E-state index contributed by atoms with van der Waals surface area (Å²) in [4.78, 5) is 65.6. The number of nitrogens with zero attached hydrogens (tertiary/aromatic N) is 7. The van der Waals surface area contributed by atoms with Gasteiger partial charge in [-0.2, -0.15) is 9.97 Å². The summed E-state index contributed by atoms with van der Waals surface area (Å²) in [6, 6.07) is 8.09. The average Bonchev–Trinajstić information content (AvgIpc) is 3.57. The zero-order valence-corrected chi connectivity index (χ0v) is 27.9. The van der Waals surface area contributed by atoms with Gasteiger partial charge in [-0.3, -0.25) is 9.59 Å². The summed E-state index contributed by atoms with van der Waals surface area (Å²) < 4.78 is 0. The Hall–Kier alpha value is -3.97. The highest BCUT2D eigenvalue weighted by Gasteiger charge is 2.63. The van der Waals surface area contributed by atoms with Gasteiger partial charge in [-0.15, -0.1) is 0 Å². The topological polar surface area (TPSA) is 143 Å². The van der Waals surface area contributed by atoms with Gasteiger partial charge in [-0.05, 0) is 81.3 Å². The smallest absolute Gasteiger partial charge is 0.322 e. The normalized spacial score (nSPS) is 25.6. The number of anilines is 2. The first-order valence-corrected chi connectivity index (χ1v) is 17.9. The number of nitrogens with one attached hydrogen (secondary N) is 3. The fourth-order valence-electron chi connectivity index (χ4n) is 8.44. The molecule has 254 valence electrons. The minimum atomic E-state index is -0.869. The molecular formula is C34H43ClN10O3. The number of aromatic amines is 1. The van der Waals surface area contributed by atoms with Crippen LogP contribution >= 0.6 is 11.6 Å². The maximum absolute atomic E-state index is 14.4. The van der Waals surface area contributed by atoms with Crippen LogP contribution in [0.4, 0.5) is 16.3 Å². The summed E-state index contributed by atoms with van der Waals surface area (Å²) in [5, 5.41) is 6.53. The van der Waals surface area contributed by atoms with Gasteiger partial charge in [-0.1, -0.05) is 24.6 Å². The van der Waals surface area contributed by atoms with Gasteiger partial charge in [0.25, 0.3) is 0 Å². The number of likely N-dealkylation sites (tertiary alicyclic amines) is 3. The van der Waals surface area contributed by atoms with E-state index in [0.717, 1.165) is 37.2 Å². The van der Waals surface area contributed by atoms with Crippen molar-refractivity contribution in [1.82, 2.24) is 39.5 Å². The van der Waals surface area contributed by atoms with Crippen molar-refractivity contribution in [1.29, 1.82) is 0 Å². The average molecular weight is 675 g/mol. The van der Waals surface area contributed by atoms with Crippen LogP contribution in [0.15, 0.2) is 30.6 Å². The van der Waals surface area contributed by atoms with E-state index in [0.29, 0.717) is 75.0 Å². The van der Waals surface area contributed by atoms with E-state index in [2.05, 4.69) is 35.5 Å². The van der Waals surface area contributed by atoms with Gasteiger partial charge in [0.1, 0.15) is 5.52 Å². The molecule has 1 unspecified atom stereocenters. The molecule has 4 amide bonds. The molecule has 1 aromatic carbocycles. The van der Waals surface area contributed by atoms with E-state index >= 15 is 0 Å². The first-order chi connectivity index (χ1) is 23.4. The summed E-state index contributed by atoms with van der Waals surface area (Å²) >= 11 is 6.22. The number of hydrogen-bond acceptors (Lipinski definition) is 8. The monoisotopic (exact) mass is 674 g/mol. The molecule has 48 heavy (non-hydrogen) atoms. The lowest BCUT2D eigenvalue weighted by atomic mass is 9.93. The number of carbonyl (C=O) groups excluding carboxylic acids is 3. The maximum atomic E-state index is 14.4. The van der Waals surface area contributed by atoms with E-state index in [1.807, 2.05) is 39.0 Å². The van der Waals surface area contributed by atoms with Gasteiger partial charge in [-0.25, -0.2) is 9.78 Å². The predicted octanol–water partition coefficient (Wildman–Crippen LogP) is 4.08. The van der Waals surface area contributed by atoms with E-state index in [4.69, 9.17) is 11.6 Å². The molecule has 3 aromatic rings. The van der Waals surface area contributed by atoms with Crippen molar-refractivity contribution in [3.05, 3.63) is 41.4 Å². The SMILES string of the molecule is O=C(C[C@@]1(C(=O)N2CCC(N3CCCCC3)CC2)CC1Nc1nc(Cl)nc2nc[nH]c12)N1CCC(N2Cc3ccccc3NC2=O)CC1. The van der Waals surface area contributed by atoms with E-state index in [1.54, 1.807) is 0 Å². The molecule has 2 atom stereocenters. The number of urea groups is 1. The molecule has 1 saturated carbocycles. The molecule has 4 aliphatic heterocycles. The minimum absolute atomic E-state index is 0.0184. The van der Waals surface area contributed by atoms with E-state index < -0.39 is 5.41 Å². The molecule has 14 heteroatoms. The standard InChI is InChI=1S/C34H43ClN10O3/c35-32-40-29-28(36-21-37-29)30(41-32)39-26-18-34(26,31(47)44-16-8-23(9-17-44)42-12-4-1-5-13-42)19-27(46)43-14-10-24(11-15-43)45-20-22-6-2-3-7-25(22)38-33(45)48/h2-3,6-7,21,23-24,26H,1,4-5,8-20H2,(H,38,48)(H2,36,37,39,40,41)/t26?,34-/m0/s1. The number of para-hydroxylation sites is 1. The van der Waals surface area contributed by atoms with Crippen molar-refractivity contribution in [2.75, 3.05) is 49.9 Å². The summed E-state index contributed by atoms with van der Waals surface area (Å²) in [5.74, 6) is 0.515. The summed E-state index contributed by atoms with van der Waals surface area (Å²) in [6.07, 6.45) is 9.34. The third kappa shape index (κ3) is 5.95. The number of H-pyrrole nitrogens is 1. The van der Waals surface area contributed by atoms with Gasteiger partial charge >= 0.3 is 6.03 Å². The van der Waals surface area contributed by atoms with E-state index in [1.165, 1.54) is 25.6 Å². The van der Waals surface area contributed by atoms with Crippen molar-refractivity contribution in [3.63, 3.8) is 0 Å². The Kier molecular flexibility index (Phi) is 8.36. The Morgan fingerprint density at radius 3 is 2.46 bits per heavy atom. The lowest BCUT2D eigenvalue weighted by Gasteiger charge is -2.42. The van der Waals surface area contributed by atoms with Crippen LogP contribution in [0, 0.1) is 5.41 Å². The van der Waals surface area contributed by atoms with Crippen molar-refractivity contribution in [2.45, 2.75) is 82.5 Å². The highest BCUT2D eigenvalue weighted by Crippen LogP contribution is 2.53. The van der Waals surface area contributed by atoms with Crippen LogP contribution in [0.5, 0.6) is 0 Å². The Morgan fingerprint density at radius 1 is 0.938 bits per heavy atom. The number of carbonyl (C=O) groups is 3. The molecule has 3 saturated heterocycles. The number of halogens is 1. The van der Waals surface area contributed by atoms with Crippen molar-refractivity contribution >= 4 is 52.1 Å². The van der Waals surface area contributed by atoms with Crippen LogP contribution in [0.3, 0.4) is 0 Å². The van der Waals surface area contributed by atoms with Crippen molar-refractivity contribution < 1.29 is 14.4 Å². The predicted molar refractivity (Wildman–Crippen MR) is 181 cm³/mol. The van der Waals surface area contributed by atoms with Crippen LogP contribution in [-0.4, -0.2) is 115 Å². The van der Waals surface area contributed by atoms with Gasteiger partial charge < -0.3 is 35.2 Å². The molecule has 4 fully saturated rings. The zero-order chi connectivity index (χ0) is 32.8. The number of aromatic nitrogens is 4. The van der Waals surface area contributed by atoms with Crippen LogP contribution in [0.25, 0.3) is 11.2 Å². The molecular weight excluding hydrogens is 632 g/mol. The van der Waals surface area contributed by atoms with Crippen LogP contribution in [0.2, 0.25) is 5.28 Å². The van der Waals surface area contributed by atoms with Gasteiger partial charge in [0.2, 0.25) is 17.1 Å². The number of fused-ring (bicyclic) bond motifs is 2. The van der Waals surface area contributed by atoms with Gasteiger partial charge in [0.15, 0.2) is 11.5 Å². The molecule has 0 bridgehead atoms. The first-order valence-electron chi connectivity index (χ1n) is 17.5. The van der Waals surface area contributed by atoms with E-state index in [-0.39, 0.29) is 41.6 Å². The largest absolute Gasteiger partial charge is 0.364 e. The number of rotatable bonds is 7. The minimum Gasteiger partial charge on any atom is -0.364 e. The van der Waals surface area contributed by atoms with Gasteiger partial charge in [0.05, 0.1) is 11.7 Å². The zero-order valence-electron chi connectivity index (χ0n) is 27.2. The molecule has 5 aliphatic rings. The quantitative estimate of drug-likeness (QED) is 0.318. The number of hydrogen-bond donors (Lipinski definition) is 3. The number of amides is 4. The lowest BCUT2D eigenvalue weighted by molar-refractivity contribution is -0.144. The summed E-state index contributed by atoms with van der Waals surface area (Å²) in [7, 11) is 0. The molecule has 0 spiro atoms. The summed E-state index contributed by atoms with van der Waals surface area (Å²) in [6.45, 7) is 5.39. The number of piperidine rings is 3. The molecule has 3 N–H and O–H groups in total. The van der Waals surface area contributed by atoms with Crippen LogP contribution in [-0.2, 0) is 16.1 Å². The maximum Gasteiger partial charge on any atom is 0.322 e. The van der Waals surface area contributed by atoms with Crippen molar-refractivity contribution in [2.24, 2.45) is 5.41 Å². The van der Waals surface area contributed by atoms with E-state index in [9.17, 15) is 14.4 Å². The molecule has 6 heterocycles. The second kappa shape index (κ2) is 12.8. The second-order valence-corrected chi connectivity index (χ2v) is 14.5. The Bertz CT molecular complexity index is 1700. The third-order valence-electron chi connectivity index (χ3n) is 11.3. The van der Waals surface area contributed by atoms with Gasteiger partial charge in [0, 0.05) is 63.0 Å². The molecule has 2 aromatic heterocycles. The van der Waals surface area contributed by atoms with Crippen LogP contribution in [0.1, 0.15) is 63.4 Å². The fraction of sp³-hybridized carbons (Fsp3) is 0.588. The summed E-state index contributed by atoms with van der Waals surface area (Å²) in [5.41, 5.74) is 2.15. The molecule has 8 rings (SSSR count). The Morgan fingerprint density at radius 2 is 1.67 bits per heavy atom. The first kappa shape index (κ1) is 31.3.